The third kappa shape index (κ3) is 5.99. The molecule has 7 N–H and O–H groups in total. The molecule has 0 heterocycles. The predicted octanol–water partition coefficient (Wildman–Crippen LogP) is -1.32. The number of carbonyl (C=O) groups excluding carboxylic acids is 2. The van der Waals surface area contributed by atoms with Gasteiger partial charge in [0.25, 0.3) is 0 Å². The van der Waals surface area contributed by atoms with Crippen LogP contribution in [0.4, 0.5) is 0 Å². The Bertz CT molecular complexity index is 324. The second-order valence-electron chi connectivity index (χ2n) is 3.92. The molecule has 0 aromatic heterocycles. The topological polar surface area (TPSA) is 150 Å². The first kappa shape index (κ1) is 16.9. The second-order valence-corrected chi connectivity index (χ2v) is 4.96. The molecule has 0 radical (unpaired) electrons. The lowest BCUT2D eigenvalue weighted by Crippen LogP contribution is -2.42. The van der Waals surface area contributed by atoms with Gasteiger partial charge in [-0.3, -0.25) is 14.4 Å². The normalized spacial score (nSPS) is 15.7. The number of rotatable bonds is 9. The van der Waals surface area contributed by atoms with Gasteiger partial charge in [-0.05, 0) is 19.1 Å². The van der Waals surface area contributed by atoms with Gasteiger partial charge in [-0.1, -0.05) is 0 Å². The highest BCUT2D eigenvalue weighted by atomic mass is 32.2. The molecule has 18 heavy (non-hydrogen) atoms. The van der Waals surface area contributed by atoms with Crippen LogP contribution in [0.5, 0.6) is 0 Å². The summed E-state index contributed by atoms with van der Waals surface area (Å²) < 4.78 is 0. The number of carboxylic acids is 1. The molecule has 0 saturated carbocycles. The van der Waals surface area contributed by atoms with E-state index < -0.39 is 29.2 Å². The number of carbonyl (C=O) groups is 3. The van der Waals surface area contributed by atoms with Crippen LogP contribution in [0, 0.1) is 0 Å². The summed E-state index contributed by atoms with van der Waals surface area (Å²) in [6, 6.07) is -1.93. The first-order valence-corrected chi connectivity index (χ1v) is 6.67. The summed E-state index contributed by atoms with van der Waals surface area (Å²) in [6.07, 6.45) is 1.88. The Kier molecular flexibility index (Phi) is 7.56. The Balaban J connectivity index is 4.41. The van der Waals surface area contributed by atoms with Gasteiger partial charge in [0.05, 0.1) is 11.3 Å². The van der Waals surface area contributed by atoms with Crippen LogP contribution in [0.3, 0.4) is 0 Å². The van der Waals surface area contributed by atoms with Crippen LogP contribution in [-0.4, -0.2) is 46.4 Å². The molecule has 0 fully saturated rings. The first-order chi connectivity index (χ1) is 8.29. The molecule has 0 saturated heterocycles. The molecular formula is C10H19N3O4S. The lowest BCUT2D eigenvalue weighted by atomic mass is 10.0. The number of primary amides is 1. The minimum Gasteiger partial charge on any atom is -0.480 e. The maximum absolute atomic E-state index is 11.9. The summed E-state index contributed by atoms with van der Waals surface area (Å²) >= 11 is 1.20. The Labute approximate surface area is 109 Å². The van der Waals surface area contributed by atoms with Gasteiger partial charge < -0.3 is 22.3 Å². The zero-order valence-corrected chi connectivity index (χ0v) is 11.0. The van der Waals surface area contributed by atoms with Gasteiger partial charge >= 0.3 is 5.97 Å². The fourth-order valence-corrected chi connectivity index (χ4v) is 2.15. The molecule has 0 aromatic rings. The molecule has 0 spiro atoms. The Morgan fingerprint density at radius 3 is 2.17 bits per heavy atom. The van der Waals surface area contributed by atoms with Gasteiger partial charge in [0.15, 0.2) is 5.78 Å². The number of hydrogen-bond donors (Lipinski definition) is 4. The van der Waals surface area contributed by atoms with Gasteiger partial charge in [0.1, 0.15) is 6.04 Å². The van der Waals surface area contributed by atoms with E-state index in [1.54, 1.807) is 6.26 Å². The van der Waals surface area contributed by atoms with E-state index in [1.807, 2.05) is 0 Å². The number of ketones is 1. The second kappa shape index (κ2) is 8.06. The van der Waals surface area contributed by atoms with E-state index in [2.05, 4.69) is 0 Å². The number of thioether (sulfide) groups is 1. The van der Waals surface area contributed by atoms with Crippen molar-refractivity contribution in [3.05, 3.63) is 0 Å². The number of amides is 1. The zero-order valence-electron chi connectivity index (χ0n) is 10.2. The molecule has 0 aliphatic carbocycles. The van der Waals surface area contributed by atoms with Gasteiger partial charge in [-0.25, -0.2) is 0 Å². The molecule has 0 aromatic carbocycles. The van der Waals surface area contributed by atoms with Crippen LogP contribution >= 0.6 is 11.8 Å². The van der Waals surface area contributed by atoms with Crippen molar-refractivity contribution in [3.63, 3.8) is 0 Å². The lowest BCUT2D eigenvalue weighted by Gasteiger charge is -2.19. The van der Waals surface area contributed by atoms with Gasteiger partial charge in [-0.15, -0.1) is 0 Å². The molecule has 0 bridgehead atoms. The summed E-state index contributed by atoms with van der Waals surface area (Å²) in [5.41, 5.74) is 16.0. The number of aliphatic carboxylic acids is 1. The van der Waals surface area contributed by atoms with Crippen molar-refractivity contribution < 1.29 is 19.5 Å². The first-order valence-electron chi connectivity index (χ1n) is 5.38. The third-order valence-corrected chi connectivity index (χ3v) is 3.45. The fraction of sp³-hybridized carbons (Fsp3) is 0.700. The standard InChI is InChI=1S/C10H19N3O4S/c1-18-7(4-6(12)10(16)17)9(15)5(11)2-3-8(13)14/h5-7H,2-4,11-12H2,1H3,(H2,13,14)(H,16,17)/t5-,6-,7?/m0/s1. The van der Waals surface area contributed by atoms with E-state index in [0.717, 1.165) is 0 Å². The quantitative estimate of drug-likeness (QED) is 0.408. The van der Waals surface area contributed by atoms with Crippen molar-refractivity contribution in [2.75, 3.05) is 6.26 Å². The smallest absolute Gasteiger partial charge is 0.320 e. The van der Waals surface area contributed by atoms with Crippen LogP contribution in [-0.2, 0) is 14.4 Å². The minimum atomic E-state index is -1.16. The van der Waals surface area contributed by atoms with Crippen molar-refractivity contribution in [2.45, 2.75) is 36.6 Å². The lowest BCUT2D eigenvalue weighted by molar-refractivity contribution is -0.138. The molecule has 1 amide bonds. The molecule has 0 aliphatic rings. The molecule has 0 aliphatic heterocycles. The number of nitrogens with two attached hydrogens (primary N) is 3. The minimum absolute atomic E-state index is 0.0135. The number of hydrogen-bond acceptors (Lipinski definition) is 6. The third-order valence-electron chi connectivity index (χ3n) is 2.45. The van der Waals surface area contributed by atoms with Gasteiger partial charge in [-0.2, -0.15) is 11.8 Å². The van der Waals surface area contributed by atoms with Crippen molar-refractivity contribution >= 4 is 29.4 Å². The van der Waals surface area contributed by atoms with E-state index in [0.29, 0.717) is 0 Å². The predicted molar refractivity (Wildman–Crippen MR) is 68.9 cm³/mol. The Morgan fingerprint density at radius 1 is 1.22 bits per heavy atom. The Morgan fingerprint density at radius 2 is 1.78 bits per heavy atom. The van der Waals surface area contributed by atoms with Crippen molar-refractivity contribution in [1.29, 1.82) is 0 Å². The fourth-order valence-electron chi connectivity index (χ4n) is 1.34. The van der Waals surface area contributed by atoms with Crippen molar-refractivity contribution in [1.82, 2.24) is 0 Å². The summed E-state index contributed by atoms with van der Waals surface area (Å²) in [6.45, 7) is 0. The summed E-state index contributed by atoms with van der Waals surface area (Å²) in [5.74, 6) is -1.99. The summed E-state index contributed by atoms with van der Waals surface area (Å²) in [7, 11) is 0. The van der Waals surface area contributed by atoms with E-state index in [4.69, 9.17) is 22.3 Å². The monoisotopic (exact) mass is 277 g/mol. The van der Waals surface area contributed by atoms with Crippen LogP contribution in [0.1, 0.15) is 19.3 Å². The molecule has 7 nitrogen and oxygen atoms in total. The van der Waals surface area contributed by atoms with Gasteiger partial charge in [0, 0.05) is 6.42 Å². The molecule has 104 valence electrons. The highest BCUT2D eigenvalue weighted by molar-refractivity contribution is 7.99. The molecule has 3 atom stereocenters. The number of carboxylic acid groups (broad SMARTS) is 1. The average molecular weight is 277 g/mol. The largest absolute Gasteiger partial charge is 0.480 e. The maximum atomic E-state index is 11.9. The highest BCUT2D eigenvalue weighted by Gasteiger charge is 2.27. The zero-order chi connectivity index (χ0) is 14.3. The SMILES string of the molecule is CSC(C[C@H](N)C(=O)O)C(=O)[C@@H](N)CCC(N)=O. The molecular weight excluding hydrogens is 258 g/mol. The molecule has 1 unspecified atom stereocenters. The Hall–Kier alpha value is -1.12. The summed E-state index contributed by atoms with van der Waals surface area (Å²) in [4.78, 5) is 33.1. The summed E-state index contributed by atoms with van der Waals surface area (Å²) in [5, 5.41) is 8.10. The van der Waals surface area contributed by atoms with Crippen LogP contribution in [0.2, 0.25) is 0 Å². The maximum Gasteiger partial charge on any atom is 0.320 e. The van der Waals surface area contributed by atoms with Crippen molar-refractivity contribution in [3.8, 4) is 0 Å². The van der Waals surface area contributed by atoms with E-state index in [-0.39, 0.29) is 25.0 Å². The van der Waals surface area contributed by atoms with E-state index in [9.17, 15) is 14.4 Å². The van der Waals surface area contributed by atoms with Crippen molar-refractivity contribution in [2.24, 2.45) is 17.2 Å². The average Bonchev–Trinajstić information content (AvgIpc) is 2.31. The van der Waals surface area contributed by atoms with E-state index >= 15 is 0 Å². The molecule has 8 heteroatoms. The number of Topliss-reactive ketones (excluding diaryl/α,β-unsaturated/α-hetero) is 1. The van der Waals surface area contributed by atoms with Crippen LogP contribution in [0.25, 0.3) is 0 Å². The van der Waals surface area contributed by atoms with E-state index in [1.165, 1.54) is 11.8 Å². The van der Waals surface area contributed by atoms with Crippen LogP contribution in [0.15, 0.2) is 0 Å². The van der Waals surface area contributed by atoms with Crippen LogP contribution < -0.4 is 17.2 Å². The molecule has 0 rings (SSSR count). The highest BCUT2D eigenvalue weighted by Crippen LogP contribution is 2.16. The van der Waals surface area contributed by atoms with Gasteiger partial charge in [0.2, 0.25) is 5.91 Å².